The second-order valence-corrected chi connectivity index (χ2v) is 11.1. The van der Waals surface area contributed by atoms with Gasteiger partial charge in [0.1, 0.15) is 5.69 Å². The van der Waals surface area contributed by atoms with Crippen molar-refractivity contribution >= 4 is 12.4 Å². The van der Waals surface area contributed by atoms with Crippen LogP contribution in [0, 0.1) is 6.92 Å². The number of hydrogen-bond acceptors (Lipinski definition) is 6. The molecule has 8 heteroatoms. The van der Waals surface area contributed by atoms with Crippen LogP contribution in [0.1, 0.15) is 48.4 Å². The zero-order valence-corrected chi connectivity index (χ0v) is 23.1. The van der Waals surface area contributed by atoms with Gasteiger partial charge in [0.25, 0.3) is 0 Å². The molecule has 2 saturated heterocycles. The molecule has 0 radical (unpaired) electrons. The monoisotopic (exact) mass is 535 g/mol. The number of benzene rings is 2. The van der Waals surface area contributed by atoms with Crippen LogP contribution in [0.25, 0.3) is 22.5 Å². The Labute approximate surface area is 235 Å². The lowest BCUT2D eigenvalue weighted by atomic mass is 9.89. The minimum absolute atomic E-state index is 0.290. The quantitative estimate of drug-likeness (QED) is 0.300. The first-order valence-electron chi connectivity index (χ1n) is 14.4. The number of aromatic nitrogens is 4. The fourth-order valence-corrected chi connectivity index (χ4v) is 5.95. The van der Waals surface area contributed by atoms with Gasteiger partial charge < -0.3 is 10.2 Å². The van der Waals surface area contributed by atoms with Crippen molar-refractivity contribution in [2.75, 3.05) is 31.5 Å². The normalized spacial score (nSPS) is 17.2. The average molecular weight is 536 g/mol. The first-order valence-corrected chi connectivity index (χ1v) is 14.4. The molecule has 0 spiro atoms. The Morgan fingerprint density at radius 3 is 2.42 bits per heavy atom. The van der Waals surface area contributed by atoms with Crippen LogP contribution in [0.2, 0.25) is 0 Å². The molecule has 4 aromatic rings. The summed E-state index contributed by atoms with van der Waals surface area (Å²) in [6.07, 6.45) is 6.72. The number of nitrogens with one attached hydrogen (secondary N) is 2. The predicted molar refractivity (Wildman–Crippen MR) is 158 cm³/mol. The summed E-state index contributed by atoms with van der Waals surface area (Å²) in [5.41, 5.74) is 7.56. The molecule has 0 atom stereocenters. The summed E-state index contributed by atoms with van der Waals surface area (Å²) in [6.45, 7) is 6.70. The fraction of sp³-hybridized carbons (Fsp3) is 0.375. The Hall–Kier alpha value is -4.04. The van der Waals surface area contributed by atoms with E-state index in [1.54, 1.807) is 0 Å². The molecular formula is C32H37N7O. The number of hydrogen-bond donors (Lipinski definition) is 2. The number of nitrogens with zero attached hydrogens (tertiary/aromatic N) is 5. The molecule has 2 aromatic heterocycles. The number of anilines is 1. The maximum atomic E-state index is 11.3. The average Bonchev–Trinajstić information content (AvgIpc) is 3.45. The van der Waals surface area contributed by atoms with Gasteiger partial charge in [0.15, 0.2) is 0 Å². The summed E-state index contributed by atoms with van der Waals surface area (Å²) in [6, 6.07) is 21.5. The number of aromatic amines is 1. The maximum absolute atomic E-state index is 11.3. The molecule has 2 aromatic carbocycles. The van der Waals surface area contributed by atoms with E-state index in [0.717, 1.165) is 93.0 Å². The van der Waals surface area contributed by atoms with Crippen molar-refractivity contribution in [3.05, 3.63) is 83.7 Å². The number of aryl methyl sites for hydroxylation is 1. The number of amides is 1. The van der Waals surface area contributed by atoms with Gasteiger partial charge in [-0.2, -0.15) is 5.10 Å². The standard InChI is InChI=1S/C32H37N7O/c1-23-7-9-25(10-8-23)30-29(31(37-36-30)26-12-17-39(22-40)18-13-26)28-11-16-33-32(35-28)34-27-14-19-38(20-15-27)21-24-5-3-2-4-6-24/h2-11,16,22,26-27H,12-15,17-21H2,1H3,(H,36,37)(H,33,34,35). The van der Waals surface area contributed by atoms with Gasteiger partial charge in [-0.15, -0.1) is 0 Å². The summed E-state index contributed by atoms with van der Waals surface area (Å²) >= 11 is 0. The van der Waals surface area contributed by atoms with Crippen molar-refractivity contribution in [1.82, 2.24) is 30.0 Å². The van der Waals surface area contributed by atoms with Crippen LogP contribution in [-0.4, -0.2) is 68.6 Å². The van der Waals surface area contributed by atoms with Crippen LogP contribution in [0.5, 0.6) is 0 Å². The maximum Gasteiger partial charge on any atom is 0.223 e. The Bertz CT molecular complexity index is 1400. The molecule has 2 aliphatic rings. The number of H-pyrrole nitrogens is 1. The lowest BCUT2D eigenvalue weighted by Crippen LogP contribution is -2.38. The van der Waals surface area contributed by atoms with E-state index >= 15 is 0 Å². The third-order valence-electron chi connectivity index (χ3n) is 8.29. The third-order valence-corrected chi connectivity index (χ3v) is 8.29. The zero-order chi connectivity index (χ0) is 27.3. The van der Waals surface area contributed by atoms with E-state index in [-0.39, 0.29) is 0 Å². The van der Waals surface area contributed by atoms with Crippen LogP contribution in [0.4, 0.5) is 5.95 Å². The van der Waals surface area contributed by atoms with E-state index < -0.39 is 0 Å². The van der Waals surface area contributed by atoms with Gasteiger partial charge in [-0.3, -0.25) is 14.8 Å². The highest BCUT2D eigenvalue weighted by atomic mass is 16.1. The molecule has 6 rings (SSSR count). The molecular weight excluding hydrogens is 498 g/mol. The second kappa shape index (κ2) is 12.0. The van der Waals surface area contributed by atoms with Crippen molar-refractivity contribution in [2.24, 2.45) is 0 Å². The SMILES string of the molecule is Cc1ccc(-c2n[nH]c(C3CCN(C=O)CC3)c2-c2ccnc(NC3CCN(Cc4ccccc4)CC3)n2)cc1. The van der Waals surface area contributed by atoms with E-state index in [2.05, 4.69) is 81.8 Å². The Balaban J connectivity index is 1.21. The molecule has 1 amide bonds. The van der Waals surface area contributed by atoms with Gasteiger partial charge >= 0.3 is 0 Å². The lowest BCUT2D eigenvalue weighted by Gasteiger charge is -2.32. The molecule has 4 heterocycles. The molecule has 0 unspecified atom stereocenters. The molecule has 2 N–H and O–H groups in total. The molecule has 0 bridgehead atoms. The van der Waals surface area contributed by atoms with Gasteiger partial charge in [0.05, 0.1) is 5.69 Å². The minimum atomic E-state index is 0.290. The molecule has 0 saturated carbocycles. The van der Waals surface area contributed by atoms with Gasteiger partial charge in [-0.05, 0) is 44.2 Å². The third kappa shape index (κ3) is 5.92. The van der Waals surface area contributed by atoms with Gasteiger partial charge in [-0.25, -0.2) is 9.97 Å². The summed E-state index contributed by atoms with van der Waals surface area (Å²) in [4.78, 5) is 25.3. The van der Waals surface area contributed by atoms with E-state index in [0.29, 0.717) is 17.9 Å². The fourth-order valence-electron chi connectivity index (χ4n) is 5.95. The van der Waals surface area contributed by atoms with E-state index in [1.807, 2.05) is 17.2 Å². The number of piperidine rings is 2. The van der Waals surface area contributed by atoms with Crippen molar-refractivity contribution in [3.63, 3.8) is 0 Å². The molecule has 0 aliphatic carbocycles. The van der Waals surface area contributed by atoms with Crippen molar-refractivity contribution in [2.45, 2.75) is 51.1 Å². The number of likely N-dealkylation sites (tertiary alicyclic amines) is 2. The van der Waals surface area contributed by atoms with Crippen LogP contribution in [0.3, 0.4) is 0 Å². The van der Waals surface area contributed by atoms with Crippen LogP contribution >= 0.6 is 0 Å². The first kappa shape index (κ1) is 26.2. The van der Waals surface area contributed by atoms with E-state index in [9.17, 15) is 4.79 Å². The zero-order valence-electron chi connectivity index (χ0n) is 23.1. The largest absolute Gasteiger partial charge is 0.351 e. The predicted octanol–water partition coefficient (Wildman–Crippen LogP) is 5.25. The second-order valence-electron chi connectivity index (χ2n) is 11.1. The van der Waals surface area contributed by atoms with Crippen molar-refractivity contribution in [1.29, 1.82) is 0 Å². The highest BCUT2D eigenvalue weighted by Crippen LogP contribution is 2.39. The number of carbonyl (C=O) groups is 1. The summed E-state index contributed by atoms with van der Waals surface area (Å²) in [5.74, 6) is 0.954. The summed E-state index contributed by atoms with van der Waals surface area (Å²) < 4.78 is 0. The Morgan fingerprint density at radius 1 is 0.950 bits per heavy atom. The Kier molecular flexibility index (Phi) is 7.86. The molecule has 40 heavy (non-hydrogen) atoms. The number of carbonyl (C=O) groups excluding carboxylic acids is 1. The van der Waals surface area contributed by atoms with Gasteiger partial charge in [-0.1, -0.05) is 60.2 Å². The van der Waals surface area contributed by atoms with Gasteiger partial charge in [0, 0.05) is 67.7 Å². The first-order chi connectivity index (χ1) is 19.7. The van der Waals surface area contributed by atoms with Crippen LogP contribution in [-0.2, 0) is 11.3 Å². The molecule has 2 fully saturated rings. The molecule has 8 nitrogen and oxygen atoms in total. The van der Waals surface area contributed by atoms with Crippen molar-refractivity contribution < 1.29 is 4.79 Å². The van der Waals surface area contributed by atoms with Gasteiger partial charge in [0.2, 0.25) is 12.4 Å². The summed E-state index contributed by atoms with van der Waals surface area (Å²) in [7, 11) is 0. The Morgan fingerprint density at radius 2 is 1.70 bits per heavy atom. The van der Waals surface area contributed by atoms with Crippen LogP contribution < -0.4 is 5.32 Å². The minimum Gasteiger partial charge on any atom is -0.351 e. The summed E-state index contributed by atoms with van der Waals surface area (Å²) in [5, 5.41) is 11.8. The smallest absolute Gasteiger partial charge is 0.223 e. The molecule has 2 aliphatic heterocycles. The lowest BCUT2D eigenvalue weighted by molar-refractivity contribution is -0.119. The highest BCUT2D eigenvalue weighted by Gasteiger charge is 2.28. The van der Waals surface area contributed by atoms with Crippen molar-refractivity contribution in [3.8, 4) is 22.5 Å². The van der Waals surface area contributed by atoms with E-state index in [4.69, 9.17) is 10.1 Å². The topological polar surface area (TPSA) is 90.0 Å². The van der Waals surface area contributed by atoms with E-state index in [1.165, 1.54) is 11.1 Å². The molecule has 206 valence electrons. The van der Waals surface area contributed by atoms with Crippen LogP contribution in [0.15, 0.2) is 66.9 Å². The number of rotatable bonds is 8. The highest BCUT2D eigenvalue weighted by molar-refractivity contribution is 5.81.